The number of hydrogen-bond donors (Lipinski definition) is 1. The van der Waals surface area contributed by atoms with Crippen LogP contribution in [0.15, 0.2) is 45.8 Å². The lowest BCUT2D eigenvalue weighted by Crippen LogP contribution is -2.24. The molecule has 0 unspecified atom stereocenters. The van der Waals surface area contributed by atoms with Crippen molar-refractivity contribution in [1.82, 2.24) is 20.3 Å². The van der Waals surface area contributed by atoms with Crippen LogP contribution in [0.3, 0.4) is 0 Å². The summed E-state index contributed by atoms with van der Waals surface area (Å²) in [5, 5.41) is 11.3. The molecule has 3 aromatic rings. The van der Waals surface area contributed by atoms with Gasteiger partial charge in [-0.05, 0) is 25.0 Å². The van der Waals surface area contributed by atoms with Crippen molar-refractivity contribution in [3.63, 3.8) is 0 Å². The highest BCUT2D eigenvalue weighted by Crippen LogP contribution is 2.20. The molecule has 0 aliphatic carbocycles. The van der Waals surface area contributed by atoms with E-state index in [1.54, 1.807) is 35.3 Å². The number of aromatic nitrogens is 3. The van der Waals surface area contributed by atoms with E-state index < -0.39 is 0 Å². The zero-order valence-corrected chi connectivity index (χ0v) is 13.0. The molecule has 0 atom stereocenters. The lowest BCUT2D eigenvalue weighted by Gasteiger charge is -2.03. The van der Waals surface area contributed by atoms with Crippen LogP contribution >= 0.6 is 11.6 Å². The van der Waals surface area contributed by atoms with Crippen molar-refractivity contribution in [2.24, 2.45) is 0 Å². The first-order valence-corrected chi connectivity index (χ1v) is 7.57. The smallest absolute Gasteiger partial charge is 0.273 e. The van der Waals surface area contributed by atoms with Crippen LogP contribution in [0.1, 0.15) is 23.3 Å². The van der Waals surface area contributed by atoms with Crippen molar-refractivity contribution in [3.05, 3.63) is 47.6 Å². The number of amides is 1. The molecule has 0 bridgehead atoms. The van der Waals surface area contributed by atoms with Gasteiger partial charge >= 0.3 is 0 Å². The minimum atomic E-state index is -0.270. The summed E-state index contributed by atoms with van der Waals surface area (Å²) in [5.74, 6) is 0.693. The predicted octanol–water partition coefficient (Wildman–Crippen LogP) is 2.99. The number of furan rings is 1. The average Bonchev–Trinajstić information content (AvgIpc) is 3.27. The van der Waals surface area contributed by atoms with Crippen molar-refractivity contribution in [2.45, 2.75) is 19.4 Å². The third-order valence-corrected chi connectivity index (χ3v) is 3.40. The summed E-state index contributed by atoms with van der Waals surface area (Å²) in [4.78, 5) is 12.0. The summed E-state index contributed by atoms with van der Waals surface area (Å²) >= 11 is 5.79. The highest BCUT2D eigenvalue weighted by Gasteiger charge is 2.14. The second-order valence-corrected chi connectivity index (χ2v) is 5.37. The number of hydrogen-bond acceptors (Lipinski definition) is 5. The van der Waals surface area contributed by atoms with Crippen molar-refractivity contribution >= 4 is 17.5 Å². The standard InChI is InChI=1S/C15H15ClN4O3/c16-11-9-18-20(10-11)6-2-1-5-17-15(21)12-8-14(23-19-12)13-4-3-7-22-13/h3-4,7-10H,1-2,5-6H2,(H,17,21). The van der Waals surface area contributed by atoms with Crippen LogP contribution in [0.25, 0.3) is 11.5 Å². The molecule has 3 heterocycles. The Morgan fingerprint density at radius 2 is 2.26 bits per heavy atom. The number of aryl methyl sites for hydroxylation is 1. The summed E-state index contributed by atoms with van der Waals surface area (Å²) in [6.45, 7) is 1.31. The third-order valence-electron chi connectivity index (χ3n) is 3.21. The molecule has 8 heteroatoms. The van der Waals surface area contributed by atoms with Gasteiger partial charge in [0.1, 0.15) is 0 Å². The van der Waals surface area contributed by atoms with Crippen molar-refractivity contribution in [1.29, 1.82) is 0 Å². The Labute approximate surface area is 137 Å². The van der Waals surface area contributed by atoms with Gasteiger partial charge in [0.15, 0.2) is 11.5 Å². The van der Waals surface area contributed by atoms with Crippen molar-refractivity contribution < 1.29 is 13.7 Å². The molecular weight excluding hydrogens is 320 g/mol. The van der Waals surface area contributed by atoms with E-state index in [0.29, 0.717) is 23.1 Å². The molecule has 3 rings (SSSR count). The molecule has 3 aromatic heterocycles. The van der Waals surface area contributed by atoms with Crippen LogP contribution in [-0.4, -0.2) is 27.4 Å². The lowest BCUT2D eigenvalue weighted by atomic mass is 10.3. The van der Waals surface area contributed by atoms with E-state index in [9.17, 15) is 4.79 Å². The van der Waals surface area contributed by atoms with Crippen LogP contribution < -0.4 is 5.32 Å². The largest absolute Gasteiger partial charge is 0.461 e. The number of halogens is 1. The lowest BCUT2D eigenvalue weighted by molar-refractivity contribution is 0.0944. The second-order valence-electron chi connectivity index (χ2n) is 4.94. The van der Waals surface area contributed by atoms with Crippen LogP contribution in [0.4, 0.5) is 0 Å². The quantitative estimate of drug-likeness (QED) is 0.671. The first-order chi connectivity index (χ1) is 11.2. The van der Waals surface area contributed by atoms with Gasteiger partial charge in [-0.3, -0.25) is 9.48 Å². The zero-order valence-electron chi connectivity index (χ0n) is 12.2. The average molecular weight is 335 g/mol. The van der Waals surface area contributed by atoms with E-state index in [-0.39, 0.29) is 11.6 Å². The van der Waals surface area contributed by atoms with Gasteiger partial charge in [-0.1, -0.05) is 16.8 Å². The van der Waals surface area contributed by atoms with E-state index in [0.717, 1.165) is 19.4 Å². The fourth-order valence-electron chi connectivity index (χ4n) is 2.07. The van der Waals surface area contributed by atoms with Gasteiger partial charge in [0, 0.05) is 25.4 Å². The normalized spacial score (nSPS) is 10.8. The number of carbonyl (C=O) groups excluding carboxylic acids is 1. The fourth-order valence-corrected chi connectivity index (χ4v) is 2.23. The molecule has 0 saturated heterocycles. The second kappa shape index (κ2) is 7.15. The molecule has 120 valence electrons. The Bertz CT molecular complexity index is 763. The minimum absolute atomic E-state index is 0.232. The zero-order chi connectivity index (χ0) is 16.1. The highest BCUT2D eigenvalue weighted by atomic mass is 35.5. The Kier molecular flexibility index (Phi) is 4.77. The predicted molar refractivity (Wildman–Crippen MR) is 83.0 cm³/mol. The molecule has 23 heavy (non-hydrogen) atoms. The molecule has 0 radical (unpaired) electrons. The van der Waals surface area contributed by atoms with Gasteiger partial charge < -0.3 is 14.3 Å². The van der Waals surface area contributed by atoms with Gasteiger partial charge in [0.05, 0.1) is 17.5 Å². The number of rotatable bonds is 7. The highest BCUT2D eigenvalue weighted by molar-refractivity contribution is 6.30. The Hall–Kier alpha value is -2.54. The number of nitrogens with one attached hydrogen (secondary N) is 1. The Balaban J connectivity index is 1.41. The Morgan fingerprint density at radius 1 is 1.35 bits per heavy atom. The van der Waals surface area contributed by atoms with Crippen LogP contribution in [0.5, 0.6) is 0 Å². The summed E-state index contributed by atoms with van der Waals surface area (Å²) in [6, 6.07) is 5.04. The van der Waals surface area contributed by atoms with Gasteiger partial charge in [-0.25, -0.2) is 0 Å². The molecule has 0 fully saturated rings. The molecule has 0 spiro atoms. The summed E-state index contributed by atoms with van der Waals surface area (Å²) in [7, 11) is 0. The molecule has 0 aliphatic rings. The van der Waals surface area contributed by atoms with Crippen molar-refractivity contribution in [2.75, 3.05) is 6.54 Å². The molecule has 0 aromatic carbocycles. The van der Waals surface area contributed by atoms with Crippen LogP contribution in [-0.2, 0) is 6.54 Å². The third kappa shape index (κ3) is 4.01. The SMILES string of the molecule is O=C(NCCCCn1cc(Cl)cn1)c1cc(-c2ccco2)on1. The molecular formula is C15H15ClN4O3. The maximum atomic E-state index is 12.0. The first kappa shape index (κ1) is 15.4. The van der Waals surface area contributed by atoms with E-state index in [1.807, 2.05) is 0 Å². The Morgan fingerprint density at radius 3 is 3.00 bits per heavy atom. The maximum Gasteiger partial charge on any atom is 0.273 e. The van der Waals surface area contributed by atoms with Crippen LogP contribution in [0.2, 0.25) is 5.02 Å². The molecule has 7 nitrogen and oxygen atoms in total. The molecule has 0 aliphatic heterocycles. The fraction of sp³-hybridized carbons (Fsp3) is 0.267. The summed E-state index contributed by atoms with van der Waals surface area (Å²) < 4.78 is 12.1. The van der Waals surface area contributed by atoms with Gasteiger partial charge in [0.25, 0.3) is 5.91 Å². The van der Waals surface area contributed by atoms with Crippen LogP contribution in [0, 0.1) is 0 Å². The maximum absolute atomic E-state index is 12.0. The molecule has 0 saturated carbocycles. The van der Waals surface area contributed by atoms with E-state index in [4.69, 9.17) is 20.5 Å². The number of carbonyl (C=O) groups is 1. The van der Waals surface area contributed by atoms with E-state index >= 15 is 0 Å². The van der Waals surface area contributed by atoms with Gasteiger partial charge in [-0.15, -0.1) is 0 Å². The number of nitrogens with zero attached hydrogens (tertiary/aromatic N) is 3. The number of unbranched alkanes of at least 4 members (excludes halogenated alkanes) is 1. The minimum Gasteiger partial charge on any atom is -0.461 e. The first-order valence-electron chi connectivity index (χ1n) is 7.19. The summed E-state index contributed by atoms with van der Waals surface area (Å²) in [5.41, 5.74) is 0.232. The molecule has 1 N–H and O–H groups in total. The topological polar surface area (TPSA) is 86.1 Å². The molecule has 1 amide bonds. The monoisotopic (exact) mass is 334 g/mol. The van der Waals surface area contributed by atoms with E-state index in [1.165, 1.54) is 6.26 Å². The van der Waals surface area contributed by atoms with E-state index in [2.05, 4.69) is 15.6 Å². The van der Waals surface area contributed by atoms with Crippen molar-refractivity contribution in [3.8, 4) is 11.5 Å². The van der Waals surface area contributed by atoms with Gasteiger partial charge in [0.2, 0.25) is 5.76 Å². The van der Waals surface area contributed by atoms with Gasteiger partial charge in [-0.2, -0.15) is 5.10 Å². The summed E-state index contributed by atoms with van der Waals surface area (Å²) in [6.07, 6.45) is 6.61.